The van der Waals surface area contributed by atoms with E-state index in [4.69, 9.17) is 0 Å². The van der Waals surface area contributed by atoms with Gasteiger partial charge in [0.15, 0.2) is 0 Å². The van der Waals surface area contributed by atoms with E-state index in [1.54, 1.807) is 0 Å². The van der Waals surface area contributed by atoms with Crippen molar-refractivity contribution in [2.75, 3.05) is 0 Å². The van der Waals surface area contributed by atoms with Gasteiger partial charge in [-0.15, -0.1) is 0 Å². The SMILES string of the molecule is CC1=CCC(C(C)(C)C)C1O. The molecule has 0 radical (unpaired) electrons. The van der Waals surface area contributed by atoms with Gasteiger partial charge in [-0.25, -0.2) is 0 Å². The van der Waals surface area contributed by atoms with Crippen molar-refractivity contribution in [2.45, 2.75) is 40.2 Å². The third-order valence-electron chi connectivity index (χ3n) is 2.65. The predicted molar refractivity (Wildman–Crippen MR) is 47.3 cm³/mol. The molecule has 1 aliphatic carbocycles. The number of aliphatic hydroxyl groups is 1. The van der Waals surface area contributed by atoms with Gasteiger partial charge in [0.1, 0.15) is 0 Å². The second-order valence-corrected chi connectivity index (χ2v) is 4.60. The van der Waals surface area contributed by atoms with E-state index in [0.717, 1.165) is 12.0 Å². The van der Waals surface area contributed by atoms with Crippen LogP contribution in [0.15, 0.2) is 11.6 Å². The van der Waals surface area contributed by atoms with Crippen LogP contribution in [0.2, 0.25) is 0 Å². The molecule has 1 rings (SSSR count). The van der Waals surface area contributed by atoms with Crippen molar-refractivity contribution in [3.8, 4) is 0 Å². The molecule has 0 aromatic heterocycles. The quantitative estimate of drug-likeness (QED) is 0.531. The molecule has 2 atom stereocenters. The van der Waals surface area contributed by atoms with Crippen LogP contribution in [0.4, 0.5) is 0 Å². The lowest BCUT2D eigenvalue weighted by atomic mass is 9.77. The van der Waals surface area contributed by atoms with Crippen LogP contribution in [0.5, 0.6) is 0 Å². The Labute approximate surface area is 69.1 Å². The molecule has 0 amide bonds. The van der Waals surface area contributed by atoms with E-state index >= 15 is 0 Å². The molecule has 1 heteroatoms. The van der Waals surface area contributed by atoms with Crippen molar-refractivity contribution in [3.05, 3.63) is 11.6 Å². The predicted octanol–water partition coefficient (Wildman–Crippen LogP) is 2.36. The summed E-state index contributed by atoms with van der Waals surface area (Å²) in [5, 5.41) is 9.72. The molecule has 1 aliphatic rings. The summed E-state index contributed by atoms with van der Waals surface area (Å²) in [7, 11) is 0. The second-order valence-electron chi connectivity index (χ2n) is 4.60. The lowest BCUT2D eigenvalue weighted by Crippen LogP contribution is -2.28. The van der Waals surface area contributed by atoms with Gasteiger partial charge >= 0.3 is 0 Å². The zero-order valence-corrected chi connectivity index (χ0v) is 7.89. The molecule has 0 bridgehead atoms. The van der Waals surface area contributed by atoms with Gasteiger partial charge < -0.3 is 5.11 Å². The summed E-state index contributed by atoms with van der Waals surface area (Å²) < 4.78 is 0. The van der Waals surface area contributed by atoms with Gasteiger partial charge in [-0.05, 0) is 30.3 Å². The molecule has 2 unspecified atom stereocenters. The monoisotopic (exact) mass is 154 g/mol. The molecule has 0 saturated carbocycles. The molecule has 64 valence electrons. The fraction of sp³-hybridized carbons (Fsp3) is 0.800. The highest BCUT2D eigenvalue weighted by Crippen LogP contribution is 2.38. The van der Waals surface area contributed by atoms with Crippen LogP contribution < -0.4 is 0 Å². The summed E-state index contributed by atoms with van der Waals surface area (Å²) in [4.78, 5) is 0. The van der Waals surface area contributed by atoms with Gasteiger partial charge in [0.05, 0.1) is 6.10 Å². The smallest absolute Gasteiger partial charge is 0.0783 e. The maximum absolute atomic E-state index is 9.72. The Bertz CT molecular complexity index is 174. The van der Waals surface area contributed by atoms with E-state index in [1.807, 2.05) is 6.92 Å². The summed E-state index contributed by atoms with van der Waals surface area (Å²) >= 11 is 0. The maximum Gasteiger partial charge on any atom is 0.0783 e. The Morgan fingerprint density at radius 3 is 2.18 bits per heavy atom. The minimum Gasteiger partial charge on any atom is -0.388 e. The van der Waals surface area contributed by atoms with Crippen molar-refractivity contribution < 1.29 is 5.11 Å². The Morgan fingerprint density at radius 2 is 2.00 bits per heavy atom. The molecule has 0 aromatic rings. The van der Waals surface area contributed by atoms with Crippen molar-refractivity contribution in [3.63, 3.8) is 0 Å². The van der Waals surface area contributed by atoms with Crippen molar-refractivity contribution in [1.29, 1.82) is 0 Å². The number of aliphatic hydroxyl groups excluding tert-OH is 1. The van der Waals surface area contributed by atoms with Gasteiger partial charge in [0.25, 0.3) is 0 Å². The minimum atomic E-state index is -0.199. The van der Waals surface area contributed by atoms with Gasteiger partial charge in [0, 0.05) is 0 Å². The summed E-state index contributed by atoms with van der Waals surface area (Å²) in [6.07, 6.45) is 2.99. The molecular weight excluding hydrogens is 136 g/mol. The highest BCUT2D eigenvalue weighted by atomic mass is 16.3. The number of hydrogen-bond acceptors (Lipinski definition) is 1. The molecule has 0 heterocycles. The van der Waals surface area contributed by atoms with Crippen LogP contribution in [-0.4, -0.2) is 11.2 Å². The second kappa shape index (κ2) is 2.63. The van der Waals surface area contributed by atoms with E-state index in [0.29, 0.717) is 5.92 Å². The zero-order chi connectivity index (χ0) is 8.65. The van der Waals surface area contributed by atoms with Crippen LogP contribution in [-0.2, 0) is 0 Å². The first-order valence-corrected chi connectivity index (χ1v) is 4.27. The van der Waals surface area contributed by atoms with Gasteiger partial charge in [0.2, 0.25) is 0 Å². The first-order chi connectivity index (χ1) is 4.93. The van der Waals surface area contributed by atoms with E-state index in [-0.39, 0.29) is 11.5 Å². The Hall–Kier alpha value is -0.300. The summed E-state index contributed by atoms with van der Waals surface area (Å²) in [6.45, 7) is 8.57. The molecule has 0 aromatic carbocycles. The van der Waals surface area contributed by atoms with Gasteiger partial charge in [-0.3, -0.25) is 0 Å². The summed E-state index contributed by atoms with van der Waals surface area (Å²) in [5.41, 5.74) is 1.37. The molecule has 0 spiro atoms. The fourth-order valence-electron chi connectivity index (χ4n) is 1.71. The summed E-state index contributed by atoms with van der Waals surface area (Å²) in [5.74, 6) is 0.419. The van der Waals surface area contributed by atoms with Crippen LogP contribution in [0.25, 0.3) is 0 Å². The van der Waals surface area contributed by atoms with E-state index < -0.39 is 0 Å². The third-order valence-corrected chi connectivity index (χ3v) is 2.65. The lowest BCUT2D eigenvalue weighted by Gasteiger charge is -2.30. The Morgan fingerprint density at radius 1 is 1.45 bits per heavy atom. The van der Waals surface area contributed by atoms with Crippen molar-refractivity contribution in [1.82, 2.24) is 0 Å². The first-order valence-electron chi connectivity index (χ1n) is 4.27. The van der Waals surface area contributed by atoms with Gasteiger partial charge in [-0.1, -0.05) is 26.8 Å². The third kappa shape index (κ3) is 1.64. The highest BCUT2D eigenvalue weighted by molar-refractivity contribution is 5.15. The van der Waals surface area contributed by atoms with E-state index in [9.17, 15) is 5.11 Å². The molecule has 11 heavy (non-hydrogen) atoms. The molecule has 1 N–H and O–H groups in total. The van der Waals surface area contributed by atoms with Crippen molar-refractivity contribution >= 4 is 0 Å². The number of allylic oxidation sites excluding steroid dienone is 1. The normalized spacial score (nSPS) is 32.3. The topological polar surface area (TPSA) is 20.2 Å². The Balaban J connectivity index is 2.68. The lowest BCUT2D eigenvalue weighted by molar-refractivity contribution is 0.0826. The van der Waals surface area contributed by atoms with E-state index in [2.05, 4.69) is 26.8 Å². The largest absolute Gasteiger partial charge is 0.388 e. The zero-order valence-electron chi connectivity index (χ0n) is 7.89. The standard InChI is InChI=1S/C10H18O/c1-7-5-6-8(9(7)11)10(2,3)4/h5,8-9,11H,6H2,1-4H3. The first kappa shape index (κ1) is 8.79. The number of hydrogen-bond donors (Lipinski definition) is 1. The summed E-state index contributed by atoms with van der Waals surface area (Å²) in [6, 6.07) is 0. The molecule has 0 fully saturated rings. The Kier molecular flexibility index (Phi) is 2.10. The van der Waals surface area contributed by atoms with Crippen LogP contribution in [0.1, 0.15) is 34.1 Å². The van der Waals surface area contributed by atoms with Crippen molar-refractivity contribution in [2.24, 2.45) is 11.3 Å². The molecule has 0 aliphatic heterocycles. The average molecular weight is 154 g/mol. The highest BCUT2D eigenvalue weighted by Gasteiger charge is 2.34. The van der Waals surface area contributed by atoms with Gasteiger partial charge in [-0.2, -0.15) is 0 Å². The molecular formula is C10H18O. The number of rotatable bonds is 0. The van der Waals surface area contributed by atoms with E-state index in [1.165, 1.54) is 0 Å². The van der Waals surface area contributed by atoms with Crippen LogP contribution in [0, 0.1) is 11.3 Å². The average Bonchev–Trinajstić information content (AvgIpc) is 2.11. The molecule has 1 nitrogen and oxygen atoms in total. The van der Waals surface area contributed by atoms with Crippen LogP contribution in [0.3, 0.4) is 0 Å². The molecule has 0 saturated heterocycles. The minimum absolute atomic E-state index is 0.199. The maximum atomic E-state index is 9.72. The fourth-order valence-corrected chi connectivity index (χ4v) is 1.71. The van der Waals surface area contributed by atoms with Crippen LogP contribution >= 0.6 is 0 Å².